The maximum Gasteiger partial charge on any atom is 0.339 e. The first-order valence-corrected chi connectivity index (χ1v) is 6.96. The second-order valence-corrected chi connectivity index (χ2v) is 4.99. The molecule has 1 atom stereocenters. The Morgan fingerprint density at radius 2 is 2.24 bits per heavy atom. The van der Waals surface area contributed by atoms with Gasteiger partial charge in [0.1, 0.15) is 17.9 Å². The largest absolute Gasteiger partial charge is 0.491 e. The van der Waals surface area contributed by atoms with Crippen molar-refractivity contribution in [2.45, 2.75) is 19.4 Å². The Hall–Kier alpha value is -1.30. The van der Waals surface area contributed by atoms with Crippen LogP contribution in [-0.2, 0) is 4.74 Å². The lowest BCUT2D eigenvalue weighted by atomic mass is 10.2. The van der Waals surface area contributed by atoms with Crippen LogP contribution in [0.4, 0.5) is 0 Å². The zero-order valence-electron chi connectivity index (χ0n) is 12.2. The average Bonchev–Trinajstić information content (AvgIpc) is 2.63. The van der Waals surface area contributed by atoms with Crippen LogP contribution in [0.1, 0.15) is 23.7 Å². The number of ether oxygens (including phenoxy) is 2. The number of para-hydroxylation sites is 1. The van der Waals surface area contributed by atoms with E-state index in [4.69, 9.17) is 14.6 Å². The van der Waals surface area contributed by atoms with Crippen molar-refractivity contribution in [3.05, 3.63) is 29.8 Å². The molecule has 0 bridgehead atoms. The predicted molar refractivity (Wildman–Crippen MR) is 82.6 cm³/mol. The Balaban J connectivity index is 0.00000220. The monoisotopic (exact) mass is 315 g/mol. The van der Waals surface area contributed by atoms with Gasteiger partial charge in [-0.25, -0.2) is 4.79 Å². The van der Waals surface area contributed by atoms with Crippen LogP contribution in [0.3, 0.4) is 0 Å². The summed E-state index contributed by atoms with van der Waals surface area (Å²) in [5.74, 6) is -0.531. The summed E-state index contributed by atoms with van der Waals surface area (Å²) in [6.45, 7) is 6.02. The van der Waals surface area contributed by atoms with Gasteiger partial charge in [-0.2, -0.15) is 0 Å². The molecule has 1 N–H and O–H groups in total. The van der Waals surface area contributed by atoms with E-state index in [0.717, 1.165) is 32.7 Å². The molecule has 0 aliphatic carbocycles. The van der Waals surface area contributed by atoms with Crippen LogP contribution < -0.4 is 4.74 Å². The third-order valence-electron chi connectivity index (χ3n) is 3.32. The zero-order valence-corrected chi connectivity index (χ0v) is 13.0. The van der Waals surface area contributed by atoms with Crippen LogP contribution >= 0.6 is 12.4 Å². The minimum Gasteiger partial charge on any atom is -0.491 e. The molecule has 6 heteroatoms. The Morgan fingerprint density at radius 3 is 3.00 bits per heavy atom. The summed E-state index contributed by atoms with van der Waals surface area (Å²) in [6.07, 6.45) is 1.26. The van der Waals surface area contributed by atoms with Crippen LogP contribution in [-0.4, -0.2) is 54.9 Å². The van der Waals surface area contributed by atoms with E-state index in [1.54, 1.807) is 24.3 Å². The molecule has 21 heavy (non-hydrogen) atoms. The lowest BCUT2D eigenvalue weighted by Crippen LogP contribution is -2.33. The number of halogens is 1. The Kier molecular flexibility index (Phi) is 7.50. The number of hydrogen-bond donors (Lipinski definition) is 1. The van der Waals surface area contributed by atoms with Crippen LogP contribution in [0.2, 0.25) is 0 Å². The summed E-state index contributed by atoms with van der Waals surface area (Å²) < 4.78 is 11.2. The lowest BCUT2D eigenvalue weighted by molar-refractivity contribution is 0.0656. The number of benzene rings is 1. The summed E-state index contributed by atoms with van der Waals surface area (Å²) in [6, 6.07) is 6.73. The Labute approximate surface area is 131 Å². The molecular formula is C15H22ClNO4. The minimum atomic E-state index is -0.961. The highest BCUT2D eigenvalue weighted by atomic mass is 35.5. The molecule has 0 radical (unpaired) electrons. The van der Waals surface area contributed by atoms with E-state index in [2.05, 4.69) is 11.8 Å². The summed E-state index contributed by atoms with van der Waals surface area (Å²) in [5, 5.41) is 9.08. The highest BCUT2D eigenvalue weighted by Gasteiger charge is 2.15. The highest BCUT2D eigenvalue weighted by Crippen LogP contribution is 2.17. The summed E-state index contributed by atoms with van der Waals surface area (Å²) in [4.78, 5) is 13.4. The molecule has 1 heterocycles. The molecule has 2 rings (SSSR count). The van der Waals surface area contributed by atoms with Crippen molar-refractivity contribution in [3.63, 3.8) is 0 Å². The molecule has 0 spiro atoms. The van der Waals surface area contributed by atoms with Crippen LogP contribution in [0.5, 0.6) is 5.75 Å². The SMILES string of the molecule is CC1CN(CCOc2ccccc2C(=O)O)CCCO1.Cl. The van der Waals surface area contributed by atoms with Gasteiger partial charge in [-0.3, -0.25) is 4.90 Å². The first kappa shape index (κ1) is 17.8. The Morgan fingerprint density at radius 1 is 1.48 bits per heavy atom. The second-order valence-electron chi connectivity index (χ2n) is 4.99. The number of carboxylic acid groups (broad SMARTS) is 1. The van der Waals surface area contributed by atoms with Crippen LogP contribution in [0, 0.1) is 0 Å². The van der Waals surface area contributed by atoms with E-state index < -0.39 is 5.97 Å². The van der Waals surface area contributed by atoms with Gasteiger partial charge in [0.2, 0.25) is 0 Å². The first-order chi connectivity index (χ1) is 9.66. The number of aromatic carboxylic acids is 1. The molecule has 118 valence electrons. The number of rotatable bonds is 5. The van der Waals surface area contributed by atoms with Gasteiger partial charge in [0, 0.05) is 26.2 Å². The van der Waals surface area contributed by atoms with Gasteiger partial charge in [-0.1, -0.05) is 12.1 Å². The van der Waals surface area contributed by atoms with E-state index in [1.807, 2.05) is 0 Å². The fourth-order valence-corrected chi connectivity index (χ4v) is 2.34. The fraction of sp³-hybridized carbons (Fsp3) is 0.533. The summed E-state index contributed by atoms with van der Waals surface area (Å²) >= 11 is 0. The van der Waals surface area contributed by atoms with E-state index in [-0.39, 0.29) is 24.1 Å². The maximum absolute atomic E-state index is 11.1. The molecule has 1 aromatic rings. The average molecular weight is 316 g/mol. The molecular weight excluding hydrogens is 294 g/mol. The topological polar surface area (TPSA) is 59.0 Å². The van der Waals surface area contributed by atoms with Crippen LogP contribution in [0.15, 0.2) is 24.3 Å². The molecule has 1 aromatic carbocycles. The number of carboxylic acids is 1. The molecule has 1 aliphatic heterocycles. The summed E-state index contributed by atoms with van der Waals surface area (Å²) in [7, 11) is 0. The van der Waals surface area contributed by atoms with E-state index >= 15 is 0 Å². The fourth-order valence-electron chi connectivity index (χ4n) is 2.34. The molecule has 0 saturated carbocycles. The molecule has 1 aliphatic rings. The molecule has 1 unspecified atom stereocenters. The maximum atomic E-state index is 11.1. The van der Waals surface area contributed by atoms with Gasteiger partial charge in [0.15, 0.2) is 0 Å². The number of hydrogen-bond acceptors (Lipinski definition) is 4. The van der Waals surface area contributed by atoms with E-state index in [1.165, 1.54) is 0 Å². The van der Waals surface area contributed by atoms with Gasteiger partial charge in [-0.05, 0) is 25.5 Å². The Bertz CT molecular complexity index is 455. The molecule has 0 aromatic heterocycles. The van der Waals surface area contributed by atoms with Gasteiger partial charge < -0.3 is 14.6 Å². The van der Waals surface area contributed by atoms with Crippen molar-refractivity contribution in [2.24, 2.45) is 0 Å². The van der Waals surface area contributed by atoms with Crippen LogP contribution in [0.25, 0.3) is 0 Å². The van der Waals surface area contributed by atoms with E-state index in [0.29, 0.717) is 12.4 Å². The molecule has 5 nitrogen and oxygen atoms in total. The first-order valence-electron chi connectivity index (χ1n) is 6.96. The smallest absolute Gasteiger partial charge is 0.339 e. The minimum absolute atomic E-state index is 0. The molecule has 0 amide bonds. The number of nitrogens with zero attached hydrogens (tertiary/aromatic N) is 1. The van der Waals surface area contributed by atoms with Gasteiger partial charge in [0.25, 0.3) is 0 Å². The summed E-state index contributed by atoms with van der Waals surface area (Å²) in [5.41, 5.74) is 0.208. The highest BCUT2D eigenvalue weighted by molar-refractivity contribution is 5.90. The normalized spacial score (nSPS) is 19.4. The van der Waals surface area contributed by atoms with Gasteiger partial charge in [-0.15, -0.1) is 12.4 Å². The van der Waals surface area contributed by atoms with Crippen molar-refractivity contribution in [1.82, 2.24) is 4.90 Å². The number of carbonyl (C=O) groups is 1. The second kappa shape index (κ2) is 8.87. The zero-order chi connectivity index (χ0) is 14.4. The molecule has 1 saturated heterocycles. The quantitative estimate of drug-likeness (QED) is 0.903. The molecule has 1 fully saturated rings. The van der Waals surface area contributed by atoms with Gasteiger partial charge in [0.05, 0.1) is 6.10 Å². The third kappa shape index (κ3) is 5.53. The third-order valence-corrected chi connectivity index (χ3v) is 3.32. The van der Waals surface area contributed by atoms with Crippen molar-refractivity contribution >= 4 is 18.4 Å². The predicted octanol–water partition coefficient (Wildman–Crippen LogP) is 2.30. The van der Waals surface area contributed by atoms with Crippen molar-refractivity contribution < 1.29 is 19.4 Å². The van der Waals surface area contributed by atoms with Crippen molar-refractivity contribution in [1.29, 1.82) is 0 Å². The van der Waals surface area contributed by atoms with Crippen molar-refractivity contribution in [3.8, 4) is 5.75 Å². The standard InChI is InChI=1S/C15H21NO4.ClH/c1-12-11-16(7-4-9-19-12)8-10-20-14-6-3-2-5-13(14)15(17)18;/h2-3,5-6,12H,4,7-11H2,1H3,(H,17,18);1H. The lowest BCUT2D eigenvalue weighted by Gasteiger charge is -2.21. The van der Waals surface area contributed by atoms with Crippen molar-refractivity contribution in [2.75, 3.05) is 32.8 Å². The van der Waals surface area contributed by atoms with E-state index in [9.17, 15) is 4.79 Å². The van der Waals surface area contributed by atoms with Gasteiger partial charge >= 0.3 is 5.97 Å².